The van der Waals surface area contributed by atoms with Crippen LogP contribution in [0.5, 0.6) is 0 Å². The van der Waals surface area contributed by atoms with Crippen molar-refractivity contribution >= 4 is 5.69 Å². The Balaban J connectivity index is 2.07. The topological polar surface area (TPSA) is 52.4 Å². The van der Waals surface area contributed by atoms with Gasteiger partial charge in [-0.2, -0.15) is 0 Å². The molecule has 2 rings (SSSR count). The van der Waals surface area contributed by atoms with E-state index >= 15 is 0 Å². The van der Waals surface area contributed by atoms with Gasteiger partial charge in [0.25, 0.3) is 5.69 Å². The van der Waals surface area contributed by atoms with Crippen LogP contribution in [-0.4, -0.2) is 4.92 Å². The number of rotatable bonds is 7. The summed E-state index contributed by atoms with van der Waals surface area (Å²) in [5, 5.41) is 10.7. The van der Waals surface area contributed by atoms with Crippen LogP contribution in [0.25, 0.3) is 0 Å². The summed E-state index contributed by atoms with van der Waals surface area (Å²) in [5.41, 5.74) is 2.09. The lowest BCUT2D eigenvalue weighted by Gasteiger charge is -2.17. The number of nitro groups is 1. The van der Waals surface area contributed by atoms with E-state index in [1.54, 1.807) is 18.2 Å². The smallest absolute Gasteiger partial charge is 0.269 e. The third-order valence-corrected chi connectivity index (χ3v) is 3.15. The normalized spacial score (nSPS) is 11.8. The second kappa shape index (κ2) is 7.36. The molecular formula is C17H17NO3. The first-order valence-corrected chi connectivity index (χ1v) is 6.71. The molecule has 0 aliphatic carbocycles. The third kappa shape index (κ3) is 4.26. The van der Waals surface area contributed by atoms with Crippen LogP contribution in [0, 0.1) is 10.1 Å². The maximum atomic E-state index is 10.7. The van der Waals surface area contributed by atoms with Gasteiger partial charge in [0.05, 0.1) is 17.6 Å². The summed E-state index contributed by atoms with van der Waals surface area (Å²) < 4.78 is 5.91. The van der Waals surface area contributed by atoms with E-state index in [1.165, 1.54) is 12.1 Å². The number of nitrogens with zero attached hydrogens (tertiary/aromatic N) is 1. The van der Waals surface area contributed by atoms with Gasteiger partial charge in [0.15, 0.2) is 0 Å². The summed E-state index contributed by atoms with van der Waals surface area (Å²) in [4.78, 5) is 10.3. The van der Waals surface area contributed by atoms with Crippen molar-refractivity contribution in [2.75, 3.05) is 0 Å². The molecule has 21 heavy (non-hydrogen) atoms. The van der Waals surface area contributed by atoms with Gasteiger partial charge in [0.1, 0.15) is 0 Å². The van der Waals surface area contributed by atoms with Gasteiger partial charge in [-0.15, -0.1) is 6.58 Å². The SMILES string of the molecule is C=CCC(OCc1ccccc1)c1ccc([N+](=O)[O-])cc1. The first kappa shape index (κ1) is 14.9. The standard InChI is InChI=1S/C17H17NO3/c1-2-6-17(21-13-14-7-4-3-5-8-14)15-9-11-16(12-10-15)18(19)20/h2-5,7-12,17H,1,6,13H2. The minimum absolute atomic E-state index is 0.0826. The highest BCUT2D eigenvalue weighted by molar-refractivity contribution is 5.34. The zero-order valence-corrected chi connectivity index (χ0v) is 11.6. The van der Waals surface area contributed by atoms with Crippen molar-refractivity contribution in [2.45, 2.75) is 19.1 Å². The molecule has 0 bridgehead atoms. The van der Waals surface area contributed by atoms with E-state index in [1.807, 2.05) is 30.3 Å². The van der Waals surface area contributed by atoms with Crippen LogP contribution in [0.1, 0.15) is 23.7 Å². The summed E-state index contributed by atoms with van der Waals surface area (Å²) in [6.07, 6.45) is 2.30. The predicted molar refractivity (Wildman–Crippen MR) is 81.9 cm³/mol. The molecule has 108 valence electrons. The summed E-state index contributed by atoms with van der Waals surface area (Å²) in [6.45, 7) is 4.23. The van der Waals surface area contributed by atoms with Crippen LogP contribution in [0.4, 0.5) is 5.69 Å². The Morgan fingerprint density at radius 1 is 1.14 bits per heavy atom. The number of hydrogen-bond acceptors (Lipinski definition) is 3. The highest BCUT2D eigenvalue weighted by atomic mass is 16.6. The maximum Gasteiger partial charge on any atom is 0.269 e. The third-order valence-electron chi connectivity index (χ3n) is 3.15. The van der Waals surface area contributed by atoms with E-state index in [0.717, 1.165) is 11.1 Å². The number of nitro benzene ring substituents is 1. The lowest BCUT2D eigenvalue weighted by Crippen LogP contribution is -2.04. The molecule has 1 atom stereocenters. The lowest BCUT2D eigenvalue weighted by atomic mass is 10.1. The molecule has 4 nitrogen and oxygen atoms in total. The highest BCUT2D eigenvalue weighted by Gasteiger charge is 2.13. The van der Waals surface area contributed by atoms with E-state index in [9.17, 15) is 10.1 Å². The molecule has 0 spiro atoms. The van der Waals surface area contributed by atoms with Gasteiger partial charge in [0, 0.05) is 12.1 Å². The van der Waals surface area contributed by atoms with Gasteiger partial charge in [-0.25, -0.2) is 0 Å². The Labute approximate surface area is 123 Å². The fraction of sp³-hybridized carbons (Fsp3) is 0.176. The molecular weight excluding hydrogens is 266 g/mol. The van der Waals surface area contributed by atoms with E-state index in [2.05, 4.69) is 6.58 Å². The largest absolute Gasteiger partial charge is 0.369 e. The van der Waals surface area contributed by atoms with Gasteiger partial charge in [-0.1, -0.05) is 36.4 Å². The molecule has 0 aliphatic rings. The maximum absolute atomic E-state index is 10.7. The van der Waals surface area contributed by atoms with Crippen LogP contribution >= 0.6 is 0 Å². The van der Waals surface area contributed by atoms with E-state index in [-0.39, 0.29) is 11.8 Å². The molecule has 0 aliphatic heterocycles. The van der Waals surface area contributed by atoms with Crippen LogP contribution in [0.15, 0.2) is 67.3 Å². The molecule has 0 amide bonds. The monoisotopic (exact) mass is 283 g/mol. The number of benzene rings is 2. The zero-order chi connectivity index (χ0) is 15.1. The summed E-state index contributed by atoms with van der Waals surface area (Å²) in [6, 6.07) is 16.4. The number of hydrogen-bond donors (Lipinski definition) is 0. The zero-order valence-electron chi connectivity index (χ0n) is 11.6. The summed E-state index contributed by atoms with van der Waals surface area (Å²) in [7, 11) is 0. The van der Waals surface area contributed by atoms with Crippen LogP contribution < -0.4 is 0 Å². The highest BCUT2D eigenvalue weighted by Crippen LogP contribution is 2.25. The van der Waals surface area contributed by atoms with Gasteiger partial charge >= 0.3 is 0 Å². The average Bonchev–Trinajstić information content (AvgIpc) is 2.52. The van der Waals surface area contributed by atoms with Crippen LogP contribution in [0.2, 0.25) is 0 Å². The minimum atomic E-state index is -0.406. The van der Waals surface area contributed by atoms with Crippen molar-refractivity contribution in [3.8, 4) is 0 Å². The lowest BCUT2D eigenvalue weighted by molar-refractivity contribution is -0.384. The molecule has 1 unspecified atom stereocenters. The van der Waals surface area contributed by atoms with E-state index in [4.69, 9.17) is 4.74 Å². The quantitative estimate of drug-likeness (QED) is 0.429. The fourth-order valence-electron chi connectivity index (χ4n) is 2.03. The van der Waals surface area contributed by atoms with Gasteiger partial charge in [0.2, 0.25) is 0 Å². The minimum Gasteiger partial charge on any atom is -0.369 e. The summed E-state index contributed by atoms with van der Waals surface area (Å²) in [5.74, 6) is 0. The fourth-order valence-corrected chi connectivity index (χ4v) is 2.03. The van der Waals surface area contributed by atoms with Crippen molar-refractivity contribution in [3.63, 3.8) is 0 Å². The molecule has 0 fully saturated rings. The molecule has 0 heterocycles. The predicted octanol–water partition coefficient (Wildman–Crippen LogP) is 4.43. The van der Waals surface area contributed by atoms with Crippen LogP contribution in [0.3, 0.4) is 0 Å². The molecule has 0 saturated heterocycles. The van der Waals surface area contributed by atoms with Crippen molar-refractivity contribution < 1.29 is 9.66 Å². The van der Waals surface area contributed by atoms with E-state index < -0.39 is 4.92 Å². The molecule has 0 saturated carbocycles. The molecule has 0 N–H and O–H groups in total. The Morgan fingerprint density at radius 3 is 2.38 bits per heavy atom. The second-order valence-corrected chi connectivity index (χ2v) is 4.66. The average molecular weight is 283 g/mol. The molecule has 2 aromatic rings. The van der Waals surface area contributed by atoms with Gasteiger partial charge in [-0.05, 0) is 29.7 Å². The van der Waals surface area contributed by atoms with Crippen molar-refractivity contribution in [2.24, 2.45) is 0 Å². The van der Waals surface area contributed by atoms with Gasteiger partial charge < -0.3 is 4.74 Å². The Kier molecular flexibility index (Phi) is 5.23. The molecule has 0 aromatic heterocycles. The molecule has 4 heteroatoms. The van der Waals surface area contributed by atoms with E-state index in [0.29, 0.717) is 13.0 Å². The Morgan fingerprint density at radius 2 is 1.81 bits per heavy atom. The summed E-state index contributed by atoms with van der Waals surface area (Å²) >= 11 is 0. The van der Waals surface area contributed by atoms with Crippen molar-refractivity contribution in [3.05, 3.63) is 88.5 Å². The Bertz CT molecular complexity index is 593. The first-order chi connectivity index (χ1) is 10.2. The Hall–Kier alpha value is -2.46. The molecule has 2 aromatic carbocycles. The van der Waals surface area contributed by atoms with Crippen molar-refractivity contribution in [1.29, 1.82) is 0 Å². The number of non-ortho nitro benzene ring substituents is 1. The number of ether oxygens (including phenoxy) is 1. The van der Waals surface area contributed by atoms with Crippen LogP contribution in [-0.2, 0) is 11.3 Å². The second-order valence-electron chi connectivity index (χ2n) is 4.66. The first-order valence-electron chi connectivity index (χ1n) is 6.71. The van der Waals surface area contributed by atoms with Crippen molar-refractivity contribution in [1.82, 2.24) is 0 Å². The van der Waals surface area contributed by atoms with Gasteiger partial charge in [-0.3, -0.25) is 10.1 Å². The molecule has 0 radical (unpaired) electrons.